The monoisotopic (exact) mass is 520 g/mol. The first kappa shape index (κ1) is 24.7. The van der Waals surface area contributed by atoms with E-state index in [1.165, 1.54) is 4.57 Å². The molecule has 3 aromatic carbocycles. The summed E-state index contributed by atoms with van der Waals surface area (Å²) in [7, 11) is 0. The van der Waals surface area contributed by atoms with Crippen LogP contribution in [0.5, 0.6) is 0 Å². The first-order chi connectivity index (χ1) is 18.8. The van der Waals surface area contributed by atoms with Gasteiger partial charge in [-0.3, -0.25) is 19.0 Å². The maximum atomic E-state index is 14.1. The topological polar surface area (TPSA) is 137 Å². The number of rotatable bonds is 5. The quantitative estimate of drug-likeness (QED) is 0.417. The van der Waals surface area contributed by atoms with Crippen LogP contribution in [-0.2, 0) is 16.0 Å². The fraction of sp³-hybridized carbons (Fsp3) is 0.233. The van der Waals surface area contributed by atoms with E-state index in [1.54, 1.807) is 30.0 Å². The molecule has 2 unspecified atom stereocenters. The van der Waals surface area contributed by atoms with Crippen LogP contribution in [0.1, 0.15) is 45.7 Å². The van der Waals surface area contributed by atoms with E-state index in [4.69, 9.17) is 16.5 Å². The number of nitrogens with zero attached hydrogens (tertiary/aromatic N) is 4. The van der Waals surface area contributed by atoms with E-state index in [2.05, 4.69) is 17.1 Å². The molecule has 0 radical (unpaired) electrons. The molecule has 6 rings (SSSR count). The number of aromatic nitrogens is 2. The van der Waals surface area contributed by atoms with Gasteiger partial charge in [-0.15, -0.1) is 0 Å². The van der Waals surface area contributed by atoms with Gasteiger partial charge in [0.05, 0.1) is 28.2 Å². The number of anilines is 1. The lowest BCUT2D eigenvalue weighted by molar-refractivity contribution is -0.121. The molecule has 39 heavy (non-hydrogen) atoms. The number of amides is 2. The number of fused-ring (bicyclic) bond motifs is 1. The summed E-state index contributed by atoms with van der Waals surface area (Å²) in [5.41, 5.74) is 17.3. The van der Waals surface area contributed by atoms with Crippen molar-refractivity contribution < 1.29 is 9.59 Å². The number of primary amides is 1. The van der Waals surface area contributed by atoms with Gasteiger partial charge in [0.1, 0.15) is 5.82 Å². The number of carbonyl (C=O) groups is 2. The highest BCUT2D eigenvalue weighted by molar-refractivity contribution is 6.20. The van der Waals surface area contributed by atoms with Crippen molar-refractivity contribution in [2.24, 2.45) is 16.5 Å². The van der Waals surface area contributed by atoms with Gasteiger partial charge in [0, 0.05) is 24.2 Å². The van der Waals surface area contributed by atoms with Gasteiger partial charge < -0.3 is 16.4 Å². The van der Waals surface area contributed by atoms with Crippen LogP contribution in [0.25, 0.3) is 10.9 Å². The van der Waals surface area contributed by atoms with E-state index in [0.717, 1.165) is 34.4 Å². The number of benzene rings is 3. The lowest BCUT2D eigenvalue weighted by Gasteiger charge is -2.23. The van der Waals surface area contributed by atoms with Crippen LogP contribution in [-0.4, -0.2) is 40.2 Å². The summed E-state index contributed by atoms with van der Waals surface area (Å²) in [6, 6.07) is 18.8. The SMILES string of the molecule is Cc1cc2c3c(c1)C(c1ccccc1)=NC(n1c(C)nc4cc(C(CN)C(N)=O)ccc4c1=O)C(=O)N3CC2. The number of aryl methyl sites for hydroxylation is 2. The highest BCUT2D eigenvalue weighted by Gasteiger charge is 2.38. The summed E-state index contributed by atoms with van der Waals surface area (Å²) >= 11 is 0. The minimum atomic E-state index is -1.13. The summed E-state index contributed by atoms with van der Waals surface area (Å²) < 4.78 is 1.37. The molecule has 196 valence electrons. The third kappa shape index (κ3) is 3.93. The average Bonchev–Trinajstić information content (AvgIpc) is 3.29. The van der Waals surface area contributed by atoms with E-state index < -0.39 is 18.0 Å². The van der Waals surface area contributed by atoms with Crippen LogP contribution >= 0.6 is 0 Å². The lowest BCUT2D eigenvalue weighted by atomic mass is 9.96. The Bertz CT molecular complexity index is 1760. The number of hydrogen-bond donors (Lipinski definition) is 2. The van der Waals surface area contributed by atoms with Crippen LogP contribution < -0.4 is 21.9 Å². The van der Waals surface area contributed by atoms with Gasteiger partial charge in [-0.1, -0.05) is 48.0 Å². The standard InChI is InChI=1S/C30H28N6O3/c1-16-12-20-10-11-35-26(20)22(13-16)25(18-6-4-3-5-7-18)34-28(30(35)39)36-17(2)33-24-14-19(23(15-31)27(32)37)8-9-21(24)29(36)38/h3-9,12-14,23,28H,10-11,15,31H2,1-2H3,(H2,32,37). The van der Waals surface area contributed by atoms with Gasteiger partial charge in [0.15, 0.2) is 0 Å². The van der Waals surface area contributed by atoms with Gasteiger partial charge in [0.2, 0.25) is 12.1 Å². The van der Waals surface area contributed by atoms with Crippen LogP contribution in [0, 0.1) is 13.8 Å². The van der Waals surface area contributed by atoms with Crippen molar-refractivity contribution in [1.29, 1.82) is 0 Å². The molecule has 0 fully saturated rings. The number of hydrogen-bond acceptors (Lipinski definition) is 6. The second kappa shape index (κ2) is 9.28. The van der Waals surface area contributed by atoms with Crippen LogP contribution in [0.2, 0.25) is 0 Å². The number of aliphatic imine (C=N–C) groups is 1. The van der Waals surface area contributed by atoms with E-state index in [-0.39, 0.29) is 18.0 Å². The normalized spacial score (nSPS) is 17.1. The summed E-state index contributed by atoms with van der Waals surface area (Å²) in [5.74, 6) is -1.17. The van der Waals surface area contributed by atoms with E-state index in [9.17, 15) is 14.4 Å². The van der Waals surface area contributed by atoms with Crippen molar-refractivity contribution in [3.05, 3.63) is 105 Å². The first-order valence-corrected chi connectivity index (χ1v) is 12.9. The molecule has 0 spiro atoms. The molecule has 3 heterocycles. The largest absolute Gasteiger partial charge is 0.369 e. The van der Waals surface area contributed by atoms with Crippen molar-refractivity contribution in [1.82, 2.24) is 9.55 Å². The molecule has 2 aliphatic rings. The third-order valence-electron chi connectivity index (χ3n) is 7.58. The van der Waals surface area contributed by atoms with Gasteiger partial charge >= 0.3 is 0 Å². The maximum Gasteiger partial charge on any atom is 0.272 e. The summed E-state index contributed by atoms with van der Waals surface area (Å²) in [6.45, 7) is 4.28. The Morgan fingerprint density at radius 3 is 2.56 bits per heavy atom. The van der Waals surface area contributed by atoms with E-state index in [0.29, 0.717) is 34.5 Å². The molecule has 0 saturated heterocycles. The summed E-state index contributed by atoms with van der Waals surface area (Å²) in [5, 5.41) is 0.313. The minimum absolute atomic E-state index is 0.0439. The molecular formula is C30H28N6O3. The Morgan fingerprint density at radius 2 is 1.85 bits per heavy atom. The van der Waals surface area contributed by atoms with Crippen molar-refractivity contribution in [2.45, 2.75) is 32.4 Å². The second-order valence-electron chi connectivity index (χ2n) is 10.1. The zero-order valence-corrected chi connectivity index (χ0v) is 21.7. The molecule has 0 aliphatic carbocycles. The fourth-order valence-electron chi connectivity index (χ4n) is 5.74. The summed E-state index contributed by atoms with van der Waals surface area (Å²) in [4.78, 5) is 51.3. The molecule has 9 nitrogen and oxygen atoms in total. The summed E-state index contributed by atoms with van der Waals surface area (Å²) in [6.07, 6.45) is -0.398. The molecule has 4 aromatic rings. The van der Waals surface area contributed by atoms with Crippen molar-refractivity contribution in [3.63, 3.8) is 0 Å². The third-order valence-corrected chi connectivity index (χ3v) is 7.58. The van der Waals surface area contributed by atoms with Crippen molar-refractivity contribution in [2.75, 3.05) is 18.0 Å². The lowest BCUT2D eigenvalue weighted by Crippen LogP contribution is -2.39. The smallest absolute Gasteiger partial charge is 0.272 e. The van der Waals surface area contributed by atoms with Gasteiger partial charge in [-0.2, -0.15) is 0 Å². The highest BCUT2D eigenvalue weighted by Crippen LogP contribution is 2.39. The van der Waals surface area contributed by atoms with Gasteiger partial charge in [0.25, 0.3) is 11.5 Å². The van der Waals surface area contributed by atoms with Crippen LogP contribution in [0.4, 0.5) is 5.69 Å². The zero-order valence-electron chi connectivity index (χ0n) is 21.7. The first-order valence-electron chi connectivity index (χ1n) is 12.9. The predicted molar refractivity (Wildman–Crippen MR) is 150 cm³/mol. The number of carbonyl (C=O) groups excluding carboxylic acids is 2. The van der Waals surface area contributed by atoms with Gasteiger partial charge in [-0.05, 0) is 49.6 Å². The Labute approximate surface area is 224 Å². The second-order valence-corrected chi connectivity index (χ2v) is 10.1. The van der Waals surface area contributed by atoms with Crippen LogP contribution in [0.3, 0.4) is 0 Å². The van der Waals surface area contributed by atoms with Crippen molar-refractivity contribution in [3.8, 4) is 0 Å². The molecule has 2 aliphatic heterocycles. The molecule has 4 N–H and O–H groups in total. The molecule has 9 heteroatoms. The Hall–Kier alpha value is -4.63. The van der Waals surface area contributed by atoms with Crippen molar-refractivity contribution >= 4 is 34.1 Å². The van der Waals surface area contributed by atoms with E-state index >= 15 is 0 Å². The average molecular weight is 521 g/mol. The Morgan fingerprint density at radius 1 is 1.08 bits per heavy atom. The molecular weight excluding hydrogens is 492 g/mol. The molecule has 0 bridgehead atoms. The maximum absolute atomic E-state index is 14.1. The Balaban J connectivity index is 1.58. The molecule has 1 aromatic heterocycles. The minimum Gasteiger partial charge on any atom is -0.369 e. The zero-order chi connectivity index (χ0) is 27.4. The fourth-order valence-corrected chi connectivity index (χ4v) is 5.74. The highest BCUT2D eigenvalue weighted by atomic mass is 16.2. The predicted octanol–water partition coefficient (Wildman–Crippen LogP) is 2.48. The van der Waals surface area contributed by atoms with Crippen LogP contribution in [0.15, 0.2) is 70.5 Å². The molecule has 2 amide bonds. The Kier molecular flexibility index (Phi) is 5.88. The van der Waals surface area contributed by atoms with Gasteiger partial charge in [-0.25, -0.2) is 9.98 Å². The molecule has 2 atom stereocenters. The van der Waals surface area contributed by atoms with E-state index in [1.807, 2.05) is 37.3 Å². The molecule has 0 saturated carbocycles. The number of nitrogens with two attached hydrogens (primary N) is 2.